The summed E-state index contributed by atoms with van der Waals surface area (Å²) >= 11 is 0. The highest BCUT2D eigenvalue weighted by Crippen LogP contribution is 2.43. The van der Waals surface area contributed by atoms with Gasteiger partial charge in [-0.1, -0.05) is 149 Å². The van der Waals surface area contributed by atoms with E-state index in [1.165, 1.54) is 116 Å². The normalized spacial score (nSPS) is 14.4. The molecule has 0 aromatic heterocycles. The first-order valence-corrected chi connectivity index (χ1v) is 19.5. The summed E-state index contributed by atoms with van der Waals surface area (Å²) in [6.07, 6.45) is 26.5. The number of ether oxygens (including phenoxy) is 2. The van der Waals surface area contributed by atoms with Gasteiger partial charge < -0.3 is 24.6 Å². The number of aliphatic hydroxyl groups excluding tert-OH is 2. The van der Waals surface area contributed by atoms with Gasteiger partial charge in [0, 0.05) is 13.0 Å². The van der Waals surface area contributed by atoms with Crippen LogP contribution in [0.3, 0.4) is 0 Å². The van der Waals surface area contributed by atoms with Gasteiger partial charge >= 0.3 is 13.8 Å². The van der Waals surface area contributed by atoms with Crippen molar-refractivity contribution in [1.82, 2.24) is 0 Å². The Morgan fingerprint density at radius 1 is 0.614 bits per heavy atom. The molecule has 0 aliphatic heterocycles. The molecule has 0 spiro atoms. The Labute approximate surface area is 269 Å². The van der Waals surface area contributed by atoms with Crippen LogP contribution >= 0.6 is 7.82 Å². The van der Waals surface area contributed by atoms with Crippen molar-refractivity contribution < 1.29 is 43.0 Å². The lowest BCUT2D eigenvalue weighted by Crippen LogP contribution is -2.29. The maximum atomic E-state index is 12.4. The third kappa shape index (κ3) is 31.4. The number of phosphoric acid groups is 1. The summed E-state index contributed by atoms with van der Waals surface area (Å²) in [5.41, 5.74) is 0. The molecule has 3 atom stereocenters. The number of rotatable bonds is 35. The average Bonchev–Trinajstić information content (AvgIpc) is 3.01. The van der Waals surface area contributed by atoms with E-state index in [-0.39, 0.29) is 25.6 Å². The fourth-order valence-electron chi connectivity index (χ4n) is 5.00. The van der Waals surface area contributed by atoms with Gasteiger partial charge in [0.1, 0.15) is 12.2 Å². The summed E-state index contributed by atoms with van der Waals surface area (Å²) in [6, 6.07) is 0. The minimum atomic E-state index is -4.49. The highest BCUT2D eigenvalue weighted by Gasteiger charge is 2.26. The third-order valence-corrected chi connectivity index (χ3v) is 8.74. The summed E-state index contributed by atoms with van der Waals surface area (Å²) in [4.78, 5) is 22.3. The van der Waals surface area contributed by atoms with Crippen LogP contribution in [0.2, 0.25) is 0 Å². The first kappa shape index (κ1) is 43.5. The van der Waals surface area contributed by atoms with Gasteiger partial charge in [0.15, 0.2) is 0 Å². The Morgan fingerprint density at radius 3 is 1.48 bits per heavy atom. The van der Waals surface area contributed by atoms with Gasteiger partial charge in [0.2, 0.25) is 0 Å². The van der Waals surface area contributed by atoms with Crippen molar-refractivity contribution in [3.8, 4) is 0 Å². The smallest absolute Gasteiger partial charge is 0.457 e. The predicted molar refractivity (Wildman–Crippen MR) is 178 cm³/mol. The minimum Gasteiger partial charge on any atom is -0.457 e. The first-order valence-electron chi connectivity index (χ1n) is 18.0. The molecule has 0 rings (SSSR count). The molecule has 0 aliphatic rings. The monoisotopic (exact) mass is 652 g/mol. The van der Waals surface area contributed by atoms with Gasteiger partial charge in [-0.3, -0.25) is 13.8 Å². The predicted octanol–water partition coefficient (Wildman–Crippen LogP) is 8.80. The molecule has 0 aliphatic carbocycles. The molecule has 0 aromatic rings. The molecule has 0 saturated carbocycles. The van der Waals surface area contributed by atoms with Crippen LogP contribution in [-0.2, 0) is 27.9 Å². The quantitative estimate of drug-likeness (QED) is 0.0349. The van der Waals surface area contributed by atoms with Crippen LogP contribution in [0.1, 0.15) is 168 Å². The molecule has 3 unspecified atom stereocenters. The molecule has 44 heavy (non-hydrogen) atoms. The summed E-state index contributed by atoms with van der Waals surface area (Å²) in [7, 11) is -4.49. The highest BCUT2D eigenvalue weighted by atomic mass is 31.2. The van der Waals surface area contributed by atoms with E-state index < -0.39 is 33.2 Å². The lowest BCUT2D eigenvalue weighted by atomic mass is 10.0. The van der Waals surface area contributed by atoms with Crippen LogP contribution in [0.15, 0.2) is 0 Å². The number of carbonyl (C=O) groups is 1. The van der Waals surface area contributed by atoms with Crippen LogP contribution in [0, 0.1) is 0 Å². The first-order chi connectivity index (χ1) is 21.3. The molecule has 0 radical (unpaired) electrons. The molecule has 0 amide bonds. The van der Waals surface area contributed by atoms with Crippen molar-refractivity contribution in [1.29, 1.82) is 0 Å². The number of hydrogen-bond acceptors (Lipinski definition) is 8. The molecule has 0 bridgehead atoms. The van der Waals surface area contributed by atoms with Crippen molar-refractivity contribution >= 4 is 13.8 Å². The largest absolute Gasteiger partial charge is 0.472 e. The Morgan fingerprint density at radius 2 is 1.02 bits per heavy atom. The fraction of sp³-hybridized carbons (Fsp3) is 0.971. The number of unbranched alkanes of at least 4 members (excludes halogenated alkanes) is 21. The molecule has 10 heteroatoms. The average molecular weight is 653 g/mol. The van der Waals surface area contributed by atoms with Gasteiger partial charge in [-0.25, -0.2) is 4.57 Å². The Kier molecular flexibility index (Phi) is 32.0. The second kappa shape index (κ2) is 32.4. The molecule has 0 aromatic carbocycles. The maximum Gasteiger partial charge on any atom is 0.472 e. The van der Waals surface area contributed by atoms with Crippen LogP contribution < -0.4 is 0 Å². The zero-order valence-corrected chi connectivity index (χ0v) is 29.3. The second-order valence-electron chi connectivity index (χ2n) is 12.3. The standard InChI is InChI=1S/C34H69O9P/c1-3-5-7-9-11-12-13-14-15-16-17-18-19-21-23-25-27-40-30-33(31-42-44(38,39)41-29-32(36)28-35)43-34(37)26-24-22-20-10-8-6-4-2/h32-33,35-36H,3-31H2,1-2H3,(H,38,39). The molecule has 264 valence electrons. The maximum absolute atomic E-state index is 12.4. The third-order valence-electron chi connectivity index (χ3n) is 7.79. The van der Waals surface area contributed by atoms with Crippen LogP contribution in [0.25, 0.3) is 0 Å². The van der Waals surface area contributed by atoms with E-state index in [0.29, 0.717) is 6.61 Å². The molecule has 9 nitrogen and oxygen atoms in total. The zero-order valence-electron chi connectivity index (χ0n) is 28.4. The van der Waals surface area contributed by atoms with Crippen molar-refractivity contribution in [2.24, 2.45) is 0 Å². The molecule has 3 N–H and O–H groups in total. The van der Waals surface area contributed by atoms with Crippen molar-refractivity contribution in [3.05, 3.63) is 0 Å². The van der Waals surface area contributed by atoms with E-state index in [0.717, 1.165) is 32.1 Å². The molecule has 0 fully saturated rings. The highest BCUT2D eigenvalue weighted by molar-refractivity contribution is 7.47. The number of esters is 1. The van der Waals surface area contributed by atoms with Gasteiger partial charge in [-0.05, 0) is 12.8 Å². The van der Waals surface area contributed by atoms with E-state index in [1.807, 2.05) is 0 Å². The summed E-state index contributed by atoms with van der Waals surface area (Å²) in [6.45, 7) is 3.49. The van der Waals surface area contributed by atoms with Crippen molar-refractivity contribution in [3.63, 3.8) is 0 Å². The SMILES string of the molecule is CCCCCCCCCCCCCCCCCCOCC(COP(=O)(O)OCC(O)CO)OC(=O)CCCCCCCCC. The van der Waals surface area contributed by atoms with Crippen LogP contribution in [-0.4, -0.2) is 66.3 Å². The van der Waals surface area contributed by atoms with E-state index >= 15 is 0 Å². The van der Waals surface area contributed by atoms with E-state index in [4.69, 9.17) is 23.6 Å². The second-order valence-corrected chi connectivity index (χ2v) is 13.7. The van der Waals surface area contributed by atoms with Crippen LogP contribution in [0.5, 0.6) is 0 Å². The summed E-state index contributed by atoms with van der Waals surface area (Å²) in [5.74, 6) is -0.387. The lowest BCUT2D eigenvalue weighted by Gasteiger charge is -2.20. The van der Waals surface area contributed by atoms with Gasteiger partial charge in [0.25, 0.3) is 0 Å². The summed E-state index contributed by atoms with van der Waals surface area (Å²) < 4.78 is 33.1. The van der Waals surface area contributed by atoms with Crippen LogP contribution in [0.4, 0.5) is 0 Å². The minimum absolute atomic E-state index is 0.0563. The topological polar surface area (TPSA) is 132 Å². The number of carbonyl (C=O) groups excluding carboxylic acids is 1. The number of phosphoric ester groups is 1. The van der Waals surface area contributed by atoms with Crippen molar-refractivity contribution in [2.45, 2.75) is 180 Å². The molecular weight excluding hydrogens is 583 g/mol. The Hall–Kier alpha value is -0.540. The van der Waals surface area contributed by atoms with Crippen molar-refractivity contribution in [2.75, 3.05) is 33.0 Å². The molecular formula is C34H69O9P. The van der Waals surface area contributed by atoms with E-state index in [1.54, 1.807) is 0 Å². The van der Waals surface area contributed by atoms with Gasteiger partial charge in [0.05, 0.1) is 26.4 Å². The molecule has 0 saturated heterocycles. The van der Waals surface area contributed by atoms with Gasteiger partial charge in [-0.2, -0.15) is 0 Å². The molecule has 0 heterocycles. The summed E-state index contributed by atoms with van der Waals surface area (Å²) in [5, 5.41) is 18.2. The Bertz CT molecular complexity index is 665. The number of aliphatic hydroxyl groups is 2. The number of hydrogen-bond donors (Lipinski definition) is 3. The fourth-order valence-corrected chi connectivity index (χ4v) is 5.79. The van der Waals surface area contributed by atoms with E-state index in [9.17, 15) is 19.4 Å². The van der Waals surface area contributed by atoms with Gasteiger partial charge in [-0.15, -0.1) is 0 Å². The van der Waals surface area contributed by atoms with E-state index in [2.05, 4.69) is 13.8 Å². The zero-order chi connectivity index (χ0) is 32.6. The lowest BCUT2D eigenvalue weighted by molar-refractivity contribution is -0.154. The Balaban J connectivity index is 4.11.